The van der Waals surface area contributed by atoms with Gasteiger partial charge in [0, 0.05) is 30.7 Å². The molecule has 5 rings (SSSR count). The molecule has 4 aromatic rings. The predicted molar refractivity (Wildman–Crippen MR) is 120 cm³/mol. The van der Waals surface area contributed by atoms with Crippen LogP contribution in [0.25, 0.3) is 22.2 Å². The number of hydrogen-bond acceptors (Lipinski definition) is 3. The molecule has 2 aromatic carbocycles. The van der Waals surface area contributed by atoms with Crippen molar-refractivity contribution < 1.29 is 9.13 Å². The predicted octanol–water partition coefficient (Wildman–Crippen LogP) is 3.73. The third kappa shape index (κ3) is 3.01. The van der Waals surface area contributed by atoms with Crippen LogP contribution in [0.4, 0.5) is 4.39 Å². The molecule has 158 valence electrons. The van der Waals surface area contributed by atoms with Gasteiger partial charge in [0.05, 0.1) is 28.9 Å². The molecule has 0 amide bonds. The number of ether oxygens (including phenoxy) is 1. The standard InChI is InChI=1S/C23H19BrFN3O3/c1-26-19-17(22(29)27(2)23(26)30)18(14-4-3-5-15(24)12-14)28-10-11-31-21(20(19)28)13-6-8-16(25)9-7-13/h3-9,12,21H,10-11H2,1-2H3/t21-/m1/s1. The highest BCUT2D eigenvalue weighted by molar-refractivity contribution is 9.10. The molecule has 0 bridgehead atoms. The lowest BCUT2D eigenvalue weighted by atomic mass is 10.0. The van der Waals surface area contributed by atoms with Gasteiger partial charge in [0.2, 0.25) is 0 Å². The highest BCUT2D eigenvalue weighted by atomic mass is 79.9. The van der Waals surface area contributed by atoms with E-state index < -0.39 is 11.8 Å². The first kappa shape index (κ1) is 20.0. The smallest absolute Gasteiger partial charge is 0.331 e. The van der Waals surface area contributed by atoms with Crippen LogP contribution in [0.5, 0.6) is 0 Å². The van der Waals surface area contributed by atoms with Gasteiger partial charge in [-0.15, -0.1) is 0 Å². The summed E-state index contributed by atoms with van der Waals surface area (Å²) in [5.41, 5.74) is 2.87. The normalized spacial score (nSPS) is 15.9. The molecule has 8 heteroatoms. The molecule has 0 N–H and O–H groups in total. The monoisotopic (exact) mass is 483 g/mol. The van der Waals surface area contributed by atoms with E-state index in [9.17, 15) is 14.0 Å². The molecular weight excluding hydrogens is 465 g/mol. The summed E-state index contributed by atoms with van der Waals surface area (Å²) < 4.78 is 25.2. The highest BCUT2D eigenvalue weighted by Crippen LogP contribution is 2.40. The quantitative estimate of drug-likeness (QED) is 0.436. The second-order valence-electron chi connectivity index (χ2n) is 7.63. The van der Waals surface area contributed by atoms with Crippen LogP contribution in [-0.2, 0) is 25.4 Å². The van der Waals surface area contributed by atoms with Gasteiger partial charge >= 0.3 is 5.69 Å². The second kappa shape index (κ2) is 7.32. The number of halogens is 2. The number of aryl methyl sites for hydroxylation is 1. The molecule has 0 radical (unpaired) electrons. The number of aromatic nitrogens is 3. The van der Waals surface area contributed by atoms with Crippen LogP contribution < -0.4 is 11.2 Å². The van der Waals surface area contributed by atoms with Gasteiger partial charge in [-0.2, -0.15) is 0 Å². The zero-order chi connectivity index (χ0) is 21.9. The topological polar surface area (TPSA) is 58.2 Å². The SMILES string of the molecule is Cn1c(=O)c2c(-c3cccc(Br)c3)n3c(c2n(C)c1=O)[C@@H](c1ccc(F)cc1)OCC3. The summed E-state index contributed by atoms with van der Waals surface area (Å²) in [6, 6.07) is 13.8. The number of nitrogens with zero attached hydrogens (tertiary/aromatic N) is 3. The summed E-state index contributed by atoms with van der Waals surface area (Å²) in [7, 11) is 3.14. The Morgan fingerprint density at radius 3 is 2.52 bits per heavy atom. The van der Waals surface area contributed by atoms with Crippen molar-refractivity contribution in [3.8, 4) is 11.3 Å². The first-order valence-electron chi connectivity index (χ1n) is 9.83. The fraction of sp³-hybridized carbons (Fsp3) is 0.217. The van der Waals surface area contributed by atoms with Crippen LogP contribution in [-0.4, -0.2) is 20.3 Å². The number of hydrogen-bond donors (Lipinski definition) is 0. The summed E-state index contributed by atoms with van der Waals surface area (Å²) in [5, 5.41) is 0.468. The van der Waals surface area contributed by atoms with Crippen molar-refractivity contribution in [2.24, 2.45) is 14.1 Å². The van der Waals surface area contributed by atoms with Crippen LogP contribution in [0.15, 0.2) is 62.6 Å². The minimum absolute atomic E-state index is 0.337. The van der Waals surface area contributed by atoms with Crippen molar-refractivity contribution in [3.63, 3.8) is 0 Å². The summed E-state index contributed by atoms with van der Waals surface area (Å²) >= 11 is 3.51. The Labute approximate surface area is 185 Å². The Kier molecular flexibility index (Phi) is 4.71. The average molecular weight is 484 g/mol. The summed E-state index contributed by atoms with van der Waals surface area (Å²) in [6.07, 6.45) is -0.532. The van der Waals surface area contributed by atoms with Crippen molar-refractivity contribution in [1.29, 1.82) is 0 Å². The summed E-state index contributed by atoms with van der Waals surface area (Å²) in [4.78, 5) is 26.1. The number of rotatable bonds is 2. The average Bonchev–Trinajstić information content (AvgIpc) is 3.12. The molecule has 1 atom stereocenters. The van der Waals surface area contributed by atoms with E-state index >= 15 is 0 Å². The lowest BCUT2D eigenvalue weighted by Crippen LogP contribution is -2.37. The Morgan fingerprint density at radius 2 is 1.81 bits per heavy atom. The Bertz CT molecular complexity index is 1450. The van der Waals surface area contributed by atoms with E-state index in [1.54, 1.807) is 19.2 Å². The maximum absolute atomic E-state index is 13.5. The molecule has 6 nitrogen and oxygen atoms in total. The molecule has 0 fully saturated rings. The van der Waals surface area contributed by atoms with E-state index in [0.717, 1.165) is 31.6 Å². The van der Waals surface area contributed by atoms with Crippen molar-refractivity contribution >= 4 is 26.8 Å². The largest absolute Gasteiger partial charge is 0.365 e. The molecule has 0 unspecified atom stereocenters. The van der Waals surface area contributed by atoms with Crippen LogP contribution in [0.1, 0.15) is 17.4 Å². The van der Waals surface area contributed by atoms with Crippen LogP contribution in [0.3, 0.4) is 0 Å². The maximum Gasteiger partial charge on any atom is 0.331 e. The molecule has 31 heavy (non-hydrogen) atoms. The van der Waals surface area contributed by atoms with Gasteiger partial charge in [0.25, 0.3) is 5.56 Å². The summed E-state index contributed by atoms with van der Waals surface area (Å²) in [6.45, 7) is 0.951. The summed E-state index contributed by atoms with van der Waals surface area (Å²) in [5.74, 6) is -0.337. The van der Waals surface area contributed by atoms with E-state index in [0.29, 0.717) is 24.1 Å². The van der Waals surface area contributed by atoms with Gasteiger partial charge in [0.1, 0.15) is 11.9 Å². The Hall–Kier alpha value is -2.97. The van der Waals surface area contributed by atoms with E-state index in [-0.39, 0.29) is 11.4 Å². The van der Waals surface area contributed by atoms with E-state index in [1.165, 1.54) is 23.7 Å². The first-order valence-corrected chi connectivity index (χ1v) is 10.6. The Morgan fingerprint density at radius 1 is 1.06 bits per heavy atom. The van der Waals surface area contributed by atoms with Gasteiger partial charge in [-0.1, -0.05) is 40.2 Å². The first-order chi connectivity index (χ1) is 14.9. The zero-order valence-electron chi connectivity index (χ0n) is 16.9. The van der Waals surface area contributed by atoms with Crippen LogP contribution >= 0.6 is 15.9 Å². The molecule has 0 saturated carbocycles. The van der Waals surface area contributed by atoms with Crippen molar-refractivity contribution in [2.45, 2.75) is 12.6 Å². The lowest BCUT2D eigenvalue weighted by molar-refractivity contribution is 0.0478. The number of benzene rings is 2. The fourth-order valence-electron chi connectivity index (χ4n) is 4.41. The van der Waals surface area contributed by atoms with Gasteiger partial charge in [-0.25, -0.2) is 9.18 Å². The molecule has 1 aliphatic rings. The lowest BCUT2D eigenvalue weighted by Gasteiger charge is -2.27. The molecule has 0 aliphatic carbocycles. The van der Waals surface area contributed by atoms with Gasteiger partial charge in [0.15, 0.2) is 0 Å². The third-order valence-corrected chi connectivity index (χ3v) is 6.32. The molecule has 0 spiro atoms. The maximum atomic E-state index is 13.5. The highest BCUT2D eigenvalue weighted by Gasteiger charge is 2.33. The molecule has 1 aliphatic heterocycles. The van der Waals surface area contributed by atoms with Crippen LogP contribution in [0, 0.1) is 5.82 Å². The van der Waals surface area contributed by atoms with Crippen molar-refractivity contribution in [3.05, 3.63) is 90.9 Å². The third-order valence-electron chi connectivity index (χ3n) is 5.82. The van der Waals surface area contributed by atoms with Gasteiger partial charge in [-0.3, -0.25) is 13.9 Å². The number of fused-ring (bicyclic) bond motifs is 3. The van der Waals surface area contributed by atoms with E-state index in [4.69, 9.17) is 4.74 Å². The van der Waals surface area contributed by atoms with E-state index in [1.807, 2.05) is 24.3 Å². The van der Waals surface area contributed by atoms with Gasteiger partial charge in [-0.05, 0) is 29.8 Å². The molecule has 2 aromatic heterocycles. The molecule has 3 heterocycles. The fourth-order valence-corrected chi connectivity index (χ4v) is 4.81. The minimum atomic E-state index is -0.532. The second-order valence-corrected chi connectivity index (χ2v) is 8.54. The molecular formula is C23H19BrFN3O3. The van der Waals surface area contributed by atoms with Crippen molar-refractivity contribution in [2.75, 3.05) is 6.61 Å². The molecule has 0 saturated heterocycles. The van der Waals surface area contributed by atoms with Crippen LogP contribution in [0.2, 0.25) is 0 Å². The zero-order valence-corrected chi connectivity index (χ0v) is 18.5. The Balaban J connectivity index is 1.94. The minimum Gasteiger partial charge on any atom is -0.365 e. The van der Waals surface area contributed by atoms with Gasteiger partial charge < -0.3 is 9.30 Å². The van der Waals surface area contributed by atoms with Crippen molar-refractivity contribution in [1.82, 2.24) is 13.7 Å². The van der Waals surface area contributed by atoms with E-state index in [2.05, 4.69) is 20.5 Å².